The summed E-state index contributed by atoms with van der Waals surface area (Å²) in [5.41, 5.74) is 6.53. The molecule has 0 unspecified atom stereocenters. The molecule has 0 bridgehead atoms. The van der Waals surface area contributed by atoms with Crippen molar-refractivity contribution in [2.45, 2.75) is 39.9 Å². The van der Waals surface area contributed by atoms with Gasteiger partial charge in [-0.3, -0.25) is 14.5 Å². The quantitative estimate of drug-likeness (QED) is 0.352. The molecular formula is C30H33N5O3. The lowest BCUT2D eigenvalue weighted by molar-refractivity contribution is 0.0368. The van der Waals surface area contributed by atoms with Crippen molar-refractivity contribution in [3.8, 4) is 11.4 Å². The summed E-state index contributed by atoms with van der Waals surface area (Å²) in [6.45, 7) is 11.0. The van der Waals surface area contributed by atoms with Crippen LogP contribution in [0.5, 0.6) is 5.75 Å². The summed E-state index contributed by atoms with van der Waals surface area (Å²) in [6.07, 6.45) is 2.40. The van der Waals surface area contributed by atoms with Crippen LogP contribution < -0.4 is 9.64 Å². The predicted molar refractivity (Wildman–Crippen MR) is 147 cm³/mol. The van der Waals surface area contributed by atoms with Crippen LogP contribution in [0, 0.1) is 6.92 Å². The number of pyridine rings is 1. The molecule has 2 aliphatic rings. The largest absolute Gasteiger partial charge is 0.485 e. The highest BCUT2D eigenvalue weighted by atomic mass is 16.5. The first-order chi connectivity index (χ1) is 18.5. The third-order valence-corrected chi connectivity index (χ3v) is 7.35. The normalized spacial score (nSPS) is 15.3. The molecule has 1 saturated heterocycles. The van der Waals surface area contributed by atoms with Gasteiger partial charge in [0.1, 0.15) is 18.7 Å². The van der Waals surface area contributed by atoms with Crippen LogP contribution in [-0.2, 0) is 17.8 Å². The molecule has 0 saturated carbocycles. The highest BCUT2D eigenvalue weighted by Crippen LogP contribution is 2.35. The number of hydrogen-bond donors (Lipinski definition) is 0. The molecule has 8 nitrogen and oxygen atoms in total. The van der Waals surface area contributed by atoms with Gasteiger partial charge in [-0.05, 0) is 63.1 Å². The zero-order valence-corrected chi connectivity index (χ0v) is 22.2. The summed E-state index contributed by atoms with van der Waals surface area (Å²) in [4.78, 5) is 26.5. The fourth-order valence-electron chi connectivity index (χ4n) is 5.43. The summed E-state index contributed by atoms with van der Waals surface area (Å²) in [5, 5.41) is 1.22. The lowest BCUT2D eigenvalue weighted by Crippen LogP contribution is -2.47. The third-order valence-electron chi connectivity index (χ3n) is 7.35. The van der Waals surface area contributed by atoms with Crippen molar-refractivity contribution in [1.29, 1.82) is 0 Å². The number of piperazine rings is 1. The minimum Gasteiger partial charge on any atom is -0.485 e. The third kappa shape index (κ3) is 4.60. The van der Waals surface area contributed by atoms with Crippen molar-refractivity contribution in [1.82, 2.24) is 19.4 Å². The first-order valence-electron chi connectivity index (χ1n) is 13.3. The molecule has 0 spiro atoms. The monoisotopic (exact) mass is 511 g/mol. The summed E-state index contributed by atoms with van der Waals surface area (Å²) < 4.78 is 13.5. The van der Waals surface area contributed by atoms with Gasteiger partial charge in [0.15, 0.2) is 5.69 Å². The molecule has 0 aliphatic carbocycles. The van der Waals surface area contributed by atoms with Crippen LogP contribution >= 0.6 is 0 Å². The van der Waals surface area contributed by atoms with Crippen molar-refractivity contribution in [2.24, 2.45) is 0 Å². The Hall–Kier alpha value is -3.91. The van der Waals surface area contributed by atoms with Gasteiger partial charge in [-0.1, -0.05) is 18.2 Å². The molecule has 1 fully saturated rings. The van der Waals surface area contributed by atoms with E-state index < -0.39 is 5.97 Å². The van der Waals surface area contributed by atoms with Gasteiger partial charge in [0.25, 0.3) is 0 Å². The zero-order valence-electron chi connectivity index (χ0n) is 22.2. The molecular weight excluding hydrogens is 478 g/mol. The summed E-state index contributed by atoms with van der Waals surface area (Å²) in [6, 6.07) is 16.9. The number of aromatic nitrogens is 3. The Bertz CT molecular complexity index is 1490. The number of rotatable bonds is 6. The summed E-state index contributed by atoms with van der Waals surface area (Å²) in [5.74, 6) is 0.462. The van der Waals surface area contributed by atoms with Crippen LogP contribution in [0.1, 0.15) is 41.3 Å². The van der Waals surface area contributed by atoms with Crippen LogP contribution in [0.2, 0.25) is 0 Å². The van der Waals surface area contributed by atoms with Gasteiger partial charge < -0.3 is 14.4 Å². The molecule has 0 N–H and O–H groups in total. The minimum absolute atomic E-state index is 0.196. The molecule has 2 aliphatic heterocycles. The minimum atomic E-state index is -0.411. The van der Waals surface area contributed by atoms with E-state index >= 15 is 0 Å². The number of fused-ring (bicyclic) bond motifs is 4. The molecule has 2 aromatic heterocycles. The second-order valence-electron chi connectivity index (χ2n) is 10.3. The number of ether oxygens (including phenoxy) is 2. The topological polar surface area (TPSA) is 72.7 Å². The smallest absolute Gasteiger partial charge is 0.359 e. The average molecular weight is 512 g/mol. The van der Waals surface area contributed by atoms with E-state index in [1.807, 2.05) is 37.5 Å². The van der Waals surface area contributed by atoms with Gasteiger partial charge in [-0.2, -0.15) is 0 Å². The molecule has 6 rings (SSSR count). The molecule has 38 heavy (non-hydrogen) atoms. The van der Waals surface area contributed by atoms with Crippen molar-refractivity contribution < 1.29 is 14.3 Å². The van der Waals surface area contributed by atoms with E-state index in [0.717, 1.165) is 67.5 Å². The maximum Gasteiger partial charge on any atom is 0.359 e. The second kappa shape index (κ2) is 10.1. The highest BCUT2D eigenvalue weighted by molar-refractivity contribution is 5.92. The fraction of sp³-hybridized carbons (Fsp3) is 0.367. The van der Waals surface area contributed by atoms with Gasteiger partial charge in [0.2, 0.25) is 0 Å². The van der Waals surface area contributed by atoms with Crippen molar-refractivity contribution in [3.63, 3.8) is 0 Å². The number of nitrogens with zero attached hydrogens (tertiary/aromatic N) is 5. The van der Waals surface area contributed by atoms with Gasteiger partial charge >= 0.3 is 5.97 Å². The first kappa shape index (κ1) is 24.4. The number of carbonyl (C=O) groups is 1. The molecule has 0 radical (unpaired) electrons. The van der Waals surface area contributed by atoms with E-state index in [9.17, 15) is 4.79 Å². The highest BCUT2D eigenvalue weighted by Gasteiger charge is 2.27. The van der Waals surface area contributed by atoms with Crippen LogP contribution in [0.15, 0.2) is 54.9 Å². The van der Waals surface area contributed by atoms with Crippen molar-refractivity contribution >= 4 is 22.6 Å². The van der Waals surface area contributed by atoms with Crippen LogP contribution in [-0.4, -0.2) is 64.2 Å². The second-order valence-corrected chi connectivity index (χ2v) is 10.3. The maximum absolute atomic E-state index is 12.5. The summed E-state index contributed by atoms with van der Waals surface area (Å²) >= 11 is 0. The van der Waals surface area contributed by atoms with Crippen LogP contribution in [0.4, 0.5) is 5.69 Å². The van der Waals surface area contributed by atoms with E-state index in [4.69, 9.17) is 14.5 Å². The Labute approximate surface area is 222 Å². The number of anilines is 1. The number of carbonyl (C=O) groups excluding carboxylic acids is 1. The van der Waals surface area contributed by atoms with Gasteiger partial charge in [-0.15, -0.1) is 0 Å². The molecule has 8 heteroatoms. The Balaban J connectivity index is 1.12. The zero-order chi connectivity index (χ0) is 26.2. The van der Waals surface area contributed by atoms with Gasteiger partial charge in [0.05, 0.1) is 23.0 Å². The van der Waals surface area contributed by atoms with Crippen LogP contribution in [0.3, 0.4) is 0 Å². The Kier molecular flexibility index (Phi) is 6.49. The number of para-hydroxylation sites is 1. The lowest BCUT2D eigenvalue weighted by Gasteiger charge is -2.36. The van der Waals surface area contributed by atoms with E-state index in [1.165, 1.54) is 16.6 Å². The summed E-state index contributed by atoms with van der Waals surface area (Å²) in [7, 11) is 0. The van der Waals surface area contributed by atoms with Crippen LogP contribution in [0.25, 0.3) is 16.6 Å². The number of aryl methyl sites for hydroxylation is 1. The average Bonchev–Trinajstić information content (AvgIpc) is 3.36. The molecule has 196 valence electrons. The number of benzene rings is 2. The molecule has 4 heterocycles. The Morgan fingerprint density at radius 2 is 1.82 bits per heavy atom. The molecule has 0 amide bonds. The standard InChI is InChI=1S/C30H33N5O3/c1-20(2)38-30(36)28-27-18-37-29-22(6-4-9-26(29)35(27)19-31-28)12-13-33-14-16-34(17-15-33)25-8-5-7-24-23(25)11-10-21(3)32-24/h4-11,19-20H,12-18H2,1-3H3. The molecule has 4 aromatic rings. The van der Waals surface area contributed by atoms with Crippen molar-refractivity contribution in [3.05, 3.63) is 77.5 Å². The molecule has 2 aromatic carbocycles. The first-order valence-corrected chi connectivity index (χ1v) is 13.3. The SMILES string of the molecule is Cc1ccc2c(N3CCN(CCc4cccc5c4OCc4c(C(=O)OC(C)C)ncn4-5)CC3)cccc2n1. The number of esters is 1. The van der Waals surface area contributed by atoms with E-state index in [0.29, 0.717) is 12.3 Å². The Morgan fingerprint density at radius 1 is 1.03 bits per heavy atom. The number of imidazole rings is 1. The lowest BCUT2D eigenvalue weighted by atomic mass is 10.1. The van der Waals surface area contributed by atoms with Crippen molar-refractivity contribution in [2.75, 3.05) is 37.6 Å². The fourth-order valence-corrected chi connectivity index (χ4v) is 5.43. The van der Waals surface area contributed by atoms with Gasteiger partial charge in [0, 0.05) is 49.5 Å². The number of hydrogen-bond acceptors (Lipinski definition) is 7. The van der Waals surface area contributed by atoms with E-state index in [2.05, 4.69) is 51.2 Å². The Morgan fingerprint density at radius 3 is 2.63 bits per heavy atom. The molecule has 0 atom stereocenters. The maximum atomic E-state index is 12.5. The predicted octanol–water partition coefficient (Wildman–Crippen LogP) is 4.55. The van der Waals surface area contributed by atoms with E-state index in [1.54, 1.807) is 6.33 Å². The van der Waals surface area contributed by atoms with E-state index in [-0.39, 0.29) is 6.10 Å². The van der Waals surface area contributed by atoms with Gasteiger partial charge in [-0.25, -0.2) is 9.78 Å².